The first-order valence-electron chi connectivity index (χ1n) is 39.6. The molecule has 6 heteroatoms. The summed E-state index contributed by atoms with van der Waals surface area (Å²) in [5.41, 5.74) is 13.2. The normalized spacial score (nSPS) is 18.2. The molecule has 6 aromatic heterocycles. The Bertz CT molecular complexity index is 6090. The van der Waals surface area contributed by atoms with Gasteiger partial charge in [-0.15, -0.1) is 34.0 Å². The molecule has 464 valence electrons. The molecule has 0 saturated heterocycles. The Kier molecular flexibility index (Phi) is 12.3. The van der Waals surface area contributed by atoms with Gasteiger partial charge in [-0.1, -0.05) is 146 Å². The average molecular weight is 1280 g/mol. The monoisotopic (exact) mass is 1280 g/mol. The first kappa shape index (κ1) is 46.9. The molecule has 2 saturated carbocycles. The second-order valence-corrected chi connectivity index (χ2v) is 30.5. The summed E-state index contributed by atoms with van der Waals surface area (Å²) in [4.78, 5) is 0. The van der Waals surface area contributed by atoms with E-state index in [4.69, 9.17) is 17.8 Å². The molecule has 0 atom stereocenters. The third-order valence-electron chi connectivity index (χ3n) is 20.0. The molecule has 9 aromatic carbocycles. The zero-order valence-electron chi connectivity index (χ0n) is 68.3. The van der Waals surface area contributed by atoms with Gasteiger partial charge in [-0.3, -0.25) is 0 Å². The zero-order chi connectivity index (χ0) is 76.0. The quantitative estimate of drug-likeness (QED) is 0.152. The summed E-state index contributed by atoms with van der Waals surface area (Å²) in [6.07, 6.45) is 16.0. The van der Waals surface area contributed by atoms with E-state index in [2.05, 4.69) is 151 Å². The van der Waals surface area contributed by atoms with Crippen molar-refractivity contribution in [3.05, 3.63) is 232 Å². The standard InChI is InChI=1S/C32H34NS.C30H30NS.C25H22NS/c1-20-6-9-26(21(2)14-20)29-18-31-28(19-33(29)5)27-16-24-8-7-23(15-25(24)17-30(27)34-31)22-10-12-32(3,4)13-11-22;1-19-9-12-25(20(2)13-19)28-17-30-27(18-31(28)3)26-15-23-11-10-22(21-7-5-4-6-8-21)14-24(23)16-29(26)32-30;1-15-6-8-20(17(3)9-15)23-13-25-22(14-26(23)4)21-11-19-10-16(2)5-7-18(19)12-24(21)27-25/h6-9,14-19,22H,10-13H2,1-5H3;9-18,21H,4-8H2,1-3H3;5-14H,1-4H3/q3*+1/i1D3,22D;1D3,21D;1D3,2D3. The van der Waals surface area contributed by atoms with Crippen LogP contribution in [0, 0.1) is 53.6 Å². The second kappa shape index (κ2) is 24.3. The number of thiophene rings is 3. The highest BCUT2D eigenvalue weighted by molar-refractivity contribution is 7.26. The molecule has 2 fully saturated rings. The van der Waals surface area contributed by atoms with Crippen molar-refractivity contribution >= 4 is 127 Å². The Morgan fingerprint density at radius 3 is 1.10 bits per heavy atom. The Morgan fingerprint density at radius 1 is 0.355 bits per heavy atom. The summed E-state index contributed by atoms with van der Waals surface area (Å²) in [5.74, 6) is -0.939. The van der Waals surface area contributed by atoms with Crippen LogP contribution >= 0.6 is 34.0 Å². The number of pyridine rings is 3. The van der Waals surface area contributed by atoms with Crippen LogP contribution in [0.25, 0.3) is 127 Å². The summed E-state index contributed by atoms with van der Waals surface area (Å²) < 4.78 is 124. The lowest BCUT2D eigenvalue weighted by Crippen LogP contribution is -2.30. The highest BCUT2D eigenvalue weighted by Crippen LogP contribution is 2.46. The van der Waals surface area contributed by atoms with Gasteiger partial charge in [0.25, 0.3) is 0 Å². The molecule has 0 aliphatic heterocycles. The van der Waals surface area contributed by atoms with E-state index in [9.17, 15) is 1.37 Å². The van der Waals surface area contributed by atoms with Crippen molar-refractivity contribution in [1.82, 2.24) is 0 Å². The largest absolute Gasteiger partial charge is 0.213 e. The number of nitrogens with zero attached hydrogens (tertiary/aromatic N) is 3. The third kappa shape index (κ3) is 11.8. The van der Waals surface area contributed by atoms with Gasteiger partial charge < -0.3 is 0 Å². The van der Waals surface area contributed by atoms with Crippen LogP contribution in [0.1, 0.15) is 153 Å². The van der Waals surface area contributed by atoms with Crippen LogP contribution in [0.3, 0.4) is 0 Å². The van der Waals surface area contributed by atoms with Crippen LogP contribution in [-0.4, -0.2) is 0 Å². The molecule has 2 aliphatic rings. The lowest BCUT2D eigenvalue weighted by atomic mass is 9.71. The molecule has 2 aliphatic carbocycles. The number of benzene rings is 9. The van der Waals surface area contributed by atoms with E-state index in [0.717, 1.165) is 144 Å². The summed E-state index contributed by atoms with van der Waals surface area (Å²) in [5, 5.41) is 14.0. The summed E-state index contributed by atoms with van der Waals surface area (Å²) in [6, 6.07) is 54.7. The van der Waals surface area contributed by atoms with Crippen LogP contribution in [0.4, 0.5) is 0 Å². The first-order valence-corrected chi connectivity index (χ1v) is 35.1. The minimum Gasteiger partial charge on any atom is -0.200 e. The number of hydrogen-bond acceptors (Lipinski definition) is 3. The maximum absolute atomic E-state index is 9.23. The number of rotatable bonds is 5. The molecule has 3 nitrogen and oxygen atoms in total. The highest BCUT2D eigenvalue weighted by Gasteiger charge is 2.28. The summed E-state index contributed by atoms with van der Waals surface area (Å²) in [7, 11) is 6.10. The van der Waals surface area contributed by atoms with E-state index >= 15 is 0 Å². The maximum atomic E-state index is 9.23. The molecule has 0 bridgehead atoms. The molecular weight excluding hydrogens is 1180 g/mol. The van der Waals surface area contributed by atoms with Crippen LogP contribution in [0.2, 0.25) is 0 Å². The van der Waals surface area contributed by atoms with E-state index in [-0.39, 0.29) is 0 Å². The SMILES string of the molecule is [2H]C([2H])([2H])c1ccc(-c2cc3sc4cc5cc(C6([2H])CCC(C)(C)CC6)ccc5cc4c3c[n+]2C)c(C)c1.[2H]C([2H])([2H])c1ccc(-c2cc3sc4cc5cc(C6([2H])CCCCC6)ccc5cc4c3c[n+]2C)c(C)c1.[2H]C([2H])([2H])c1ccc(-c2cc3sc4cc5ccc(C([2H])([2H])[2H])cc5cc4c3c[n+]2C)c(C)c1. The molecule has 6 heterocycles. The van der Waals surface area contributed by atoms with Gasteiger partial charge in [0.1, 0.15) is 21.1 Å². The summed E-state index contributed by atoms with van der Waals surface area (Å²) >= 11 is 5.30. The highest BCUT2D eigenvalue weighted by atomic mass is 32.1. The topological polar surface area (TPSA) is 11.6 Å². The van der Waals surface area contributed by atoms with Crippen molar-refractivity contribution in [3.8, 4) is 33.8 Å². The fraction of sp³-hybridized carbons (Fsp3) is 0.276. The minimum absolute atomic E-state index is 0.343. The smallest absolute Gasteiger partial charge is 0.200 e. The molecule has 15 aromatic rings. The van der Waals surface area contributed by atoms with Crippen LogP contribution in [0.15, 0.2) is 182 Å². The van der Waals surface area contributed by atoms with Crippen molar-refractivity contribution in [2.75, 3.05) is 0 Å². The van der Waals surface area contributed by atoms with Gasteiger partial charge in [0.15, 0.2) is 18.6 Å². The van der Waals surface area contributed by atoms with Crippen molar-refractivity contribution < 1.29 is 32.9 Å². The minimum atomic E-state index is -2.13. The number of fused-ring (bicyclic) bond motifs is 12. The number of aryl methyl sites for hydroxylation is 10. The molecule has 93 heavy (non-hydrogen) atoms. The average Bonchev–Trinajstić information content (AvgIpc) is 1.63. The zero-order valence-corrected chi connectivity index (χ0v) is 56.7. The molecule has 0 spiro atoms. The van der Waals surface area contributed by atoms with E-state index in [0.29, 0.717) is 27.7 Å². The van der Waals surface area contributed by atoms with Gasteiger partial charge in [0.05, 0.1) is 16.2 Å². The van der Waals surface area contributed by atoms with Crippen LogP contribution in [0.5, 0.6) is 0 Å². The van der Waals surface area contributed by atoms with Crippen molar-refractivity contribution in [3.63, 3.8) is 0 Å². The van der Waals surface area contributed by atoms with Gasteiger partial charge in [-0.2, -0.15) is 0 Å². The second-order valence-electron chi connectivity index (χ2n) is 27.2. The molecule has 0 unspecified atom stereocenters. The fourth-order valence-electron chi connectivity index (χ4n) is 14.7. The predicted octanol–water partition coefficient (Wildman–Crippen LogP) is 24.0. The van der Waals surface area contributed by atoms with E-state index in [1.165, 1.54) is 68.3 Å². The van der Waals surface area contributed by atoms with Crippen molar-refractivity contribution in [1.29, 1.82) is 0 Å². The summed E-state index contributed by atoms with van der Waals surface area (Å²) in [6.45, 7) is 2.10. The number of hydrogen-bond donors (Lipinski definition) is 0. The maximum Gasteiger partial charge on any atom is 0.213 e. The van der Waals surface area contributed by atoms with E-state index in [1.807, 2.05) is 52.1 Å². The third-order valence-corrected chi connectivity index (χ3v) is 23.4. The van der Waals surface area contributed by atoms with Gasteiger partial charge in [-0.25, -0.2) is 13.7 Å². The molecule has 17 rings (SSSR count). The van der Waals surface area contributed by atoms with Crippen molar-refractivity contribution in [2.24, 2.45) is 26.6 Å². The van der Waals surface area contributed by atoms with E-state index < -0.39 is 39.2 Å². The molecule has 0 radical (unpaired) electrons. The van der Waals surface area contributed by atoms with Gasteiger partial charge >= 0.3 is 0 Å². The van der Waals surface area contributed by atoms with Crippen LogP contribution < -0.4 is 13.7 Å². The molecular formula is C87H86N3S3+3. The van der Waals surface area contributed by atoms with Gasteiger partial charge in [-0.05, 0) is 219 Å². The molecule has 0 N–H and O–H groups in total. The van der Waals surface area contributed by atoms with E-state index in [1.54, 1.807) is 82.5 Å². The van der Waals surface area contributed by atoms with Gasteiger partial charge in [0, 0.05) is 98.4 Å². The number of aromatic nitrogens is 3. The van der Waals surface area contributed by atoms with Crippen molar-refractivity contribution in [2.45, 2.75) is 132 Å². The Hall–Kier alpha value is -8.13. The molecule has 0 amide bonds. The Morgan fingerprint density at radius 2 is 0.688 bits per heavy atom. The van der Waals surface area contributed by atoms with Crippen LogP contribution in [-0.2, 0) is 21.1 Å². The first-order chi connectivity index (χ1) is 50.4. The fourth-order valence-corrected chi connectivity index (χ4v) is 18.1. The Balaban J connectivity index is 0.000000129. The lowest BCUT2D eigenvalue weighted by Gasteiger charge is -2.34. The predicted molar refractivity (Wildman–Crippen MR) is 404 cm³/mol. The Labute approximate surface area is 580 Å². The lowest BCUT2D eigenvalue weighted by molar-refractivity contribution is -0.659. The van der Waals surface area contributed by atoms with Gasteiger partial charge in [0.2, 0.25) is 17.1 Å².